The van der Waals surface area contributed by atoms with Crippen LogP contribution in [0.15, 0.2) is 30.3 Å². The summed E-state index contributed by atoms with van der Waals surface area (Å²) in [5.41, 5.74) is 6.50. The molecule has 0 aliphatic heterocycles. The summed E-state index contributed by atoms with van der Waals surface area (Å²) in [6.45, 7) is 1.11. The Hall–Kier alpha value is -1.39. The standard InChI is InChI=1S/C12H18N2O2/c1-16-12(15)11(14-8-7-13)9-10-5-3-2-4-6-10/h2-6,11,14H,7-9,13H2,1H3/t11-/m0/s1. The van der Waals surface area contributed by atoms with E-state index in [-0.39, 0.29) is 12.0 Å². The number of rotatable bonds is 6. The van der Waals surface area contributed by atoms with Crippen LogP contribution in [0, 0.1) is 0 Å². The Morgan fingerprint density at radius 1 is 1.44 bits per heavy atom. The molecule has 0 aliphatic carbocycles. The lowest BCUT2D eigenvalue weighted by atomic mass is 10.1. The zero-order valence-corrected chi connectivity index (χ0v) is 9.48. The van der Waals surface area contributed by atoms with Gasteiger partial charge in [0, 0.05) is 13.1 Å². The average Bonchev–Trinajstić information content (AvgIpc) is 2.34. The number of hydrogen-bond acceptors (Lipinski definition) is 4. The van der Waals surface area contributed by atoms with E-state index in [0.717, 1.165) is 5.56 Å². The molecular formula is C12H18N2O2. The van der Waals surface area contributed by atoms with Crippen LogP contribution in [0.2, 0.25) is 0 Å². The molecule has 16 heavy (non-hydrogen) atoms. The average molecular weight is 222 g/mol. The first-order valence-corrected chi connectivity index (χ1v) is 5.33. The third-order valence-electron chi connectivity index (χ3n) is 2.30. The molecule has 0 aliphatic rings. The minimum absolute atomic E-state index is 0.252. The van der Waals surface area contributed by atoms with E-state index in [2.05, 4.69) is 5.32 Å². The summed E-state index contributed by atoms with van der Waals surface area (Å²) in [5, 5.41) is 3.07. The summed E-state index contributed by atoms with van der Waals surface area (Å²) in [6, 6.07) is 9.50. The molecule has 0 radical (unpaired) electrons. The number of methoxy groups -OCH3 is 1. The molecule has 0 amide bonds. The van der Waals surface area contributed by atoms with Crippen molar-refractivity contribution in [3.05, 3.63) is 35.9 Å². The quantitative estimate of drug-likeness (QED) is 0.680. The molecule has 1 aromatic carbocycles. The van der Waals surface area contributed by atoms with Crippen LogP contribution in [-0.4, -0.2) is 32.2 Å². The predicted octanol–water partition coefficient (Wildman–Crippen LogP) is 0.319. The lowest BCUT2D eigenvalue weighted by Gasteiger charge is -2.15. The van der Waals surface area contributed by atoms with Gasteiger partial charge in [-0.3, -0.25) is 4.79 Å². The Bertz CT molecular complexity index is 314. The second-order valence-electron chi connectivity index (χ2n) is 3.51. The maximum Gasteiger partial charge on any atom is 0.323 e. The van der Waals surface area contributed by atoms with Crippen molar-refractivity contribution in [2.45, 2.75) is 12.5 Å². The first-order chi connectivity index (χ1) is 7.77. The van der Waals surface area contributed by atoms with Gasteiger partial charge in [0.05, 0.1) is 7.11 Å². The molecule has 1 atom stereocenters. The smallest absolute Gasteiger partial charge is 0.323 e. The highest BCUT2D eigenvalue weighted by Gasteiger charge is 2.18. The lowest BCUT2D eigenvalue weighted by Crippen LogP contribution is -2.41. The molecule has 0 heterocycles. The molecule has 88 valence electrons. The van der Waals surface area contributed by atoms with Gasteiger partial charge < -0.3 is 15.8 Å². The molecule has 0 aromatic heterocycles. The van der Waals surface area contributed by atoms with Crippen molar-refractivity contribution in [2.24, 2.45) is 5.73 Å². The largest absolute Gasteiger partial charge is 0.468 e. The highest BCUT2D eigenvalue weighted by Crippen LogP contribution is 2.04. The van der Waals surface area contributed by atoms with Crippen LogP contribution < -0.4 is 11.1 Å². The van der Waals surface area contributed by atoms with Crippen LogP contribution in [0.3, 0.4) is 0 Å². The van der Waals surface area contributed by atoms with Gasteiger partial charge in [-0.15, -0.1) is 0 Å². The van der Waals surface area contributed by atoms with Gasteiger partial charge in [-0.05, 0) is 12.0 Å². The molecule has 1 aromatic rings. The maximum atomic E-state index is 11.5. The highest BCUT2D eigenvalue weighted by molar-refractivity contribution is 5.76. The number of nitrogens with two attached hydrogens (primary N) is 1. The second-order valence-corrected chi connectivity index (χ2v) is 3.51. The molecule has 0 saturated carbocycles. The summed E-state index contributed by atoms with van der Waals surface area (Å²) < 4.78 is 4.74. The van der Waals surface area contributed by atoms with E-state index in [1.165, 1.54) is 7.11 Å². The van der Waals surface area contributed by atoms with E-state index in [1.54, 1.807) is 0 Å². The minimum atomic E-state index is -0.323. The van der Waals surface area contributed by atoms with E-state index in [1.807, 2.05) is 30.3 Å². The van der Waals surface area contributed by atoms with Gasteiger partial charge in [-0.1, -0.05) is 30.3 Å². The predicted molar refractivity (Wildman–Crippen MR) is 63.0 cm³/mol. The SMILES string of the molecule is COC(=O)[C@H](Cc1ccccc1)NCCN. The van der Waals surface area contributed by atoms with E-state index in [4.69, 9.17) is 10.5 Å². The Balaban J connectivity index is 2.59. The molecular weight excluding hydrogens is 204 g/mol. The second kappa shape index (κ2) is 6.98. The Labute approximate surface area is 95.8 Å². The molecule has 3 N–H and O–H groups in total. The molecule has 0 fully saturated rings. The zero-order chi connectivity index (χ0) is 11.8. The summed E-state index contributed by atoms with van der Waals surface area (Å²) in [4.78, 5) is 11.5. The first-order valence-electron chi connectivity index (χ1n) is 5.33. The molecule has 0 saturated heterocycles. The number of carbonyl (C=O) groups excluding carboxylic acids is 1. The number of nitrogens with one attached hydrogen (secondary N) is 1. The van der Waals surface area contributed by atoms with Crippen molar-refractivity contribution in [1.29, 1.82) is 0 Å². The van der Waals surface area contributed by atoms with E-state index in [0.29, 0.717) is 19.5 Å². The van der Waals surface area contributed by atoms with Gasteiger partial charge in [0.25, 0.3) is 0 Å². The summed E-state index contributed by atoms with van der Waals surface area (Å²) >= 11 is 0. The van der Waals surface area contributed by atoms with Crippen molar-refractivity contribution in [3.63, 3.8) is 0 Å². The van der Waals surface area contributed by atoms with Crippen LogP contribution in [0.5, 0.6) is 0 Å². The van der Waals surface area contributed by atoms with E-state index in [9.17, 15) is 4.79 Å². The normalized spacial score (nSPS) is 12.1. The third-order valence-corrected chi connectivity index (χ3v) is 2.30. The van der Waals surface area contributed by atoms with Gasteiger partial charge in [0.1, 0.15) is 6.04 Å². The van der Waals surface area contributed by atoms with Gasteiger partial charge in [0.2, 0.25) is 0 Å². The fourth-order valence-electron chi connectivity index (χ4n) is 1.49. The third kappa shape index (κ3) is 4.00. The van der Waals surface area contributed by atoms with Crippen molar-refractivity contribution >= 4 is 5.97 Å². The fourth-order valence-corrected chi connectivity index (χ4v) is 1.49. The summed E-state index contributed by atoms with van der Waals surface area (Å²) in [6.07, 6.45) is 0.619. The fraction of sp³-hybridized carbons (Fsp3) is 0.417. The zero-order valence-electron chi connectivity index (χ0n) is 9.48. The van der Waals surface area contributed by atoms with Crippen LogP contribution in [0.1, 0.15) is 5.56 Å². The molecule has 0 spiro atoms. The van der Waals surface area contributed by atoms with Crippen LogP contribution in [0.4, 0.5) is 0 Å². The van der Waals surface area contributed by atoms with Gasteiger partial charge in [-0.2, -0.15) is 0 Å². The number of benzene rings is 1. The highest BCUT2D eigenvalue weighted by atomic mass is 16.5. The number of hydrogen-bond donors (Lipinski definition) is 2. The molecule has 0 unspecified atom stereocenters. The van der Waals surface area contributed by atoms with Crippen LogP contribution >= 0.6 is 0 Å². The minimum Gasteiger partial charge on any atom is -0.468 e. The number of carbonyl (C=O) groups is 1. The Morgan fingerprint density at radius 2 is 2.12 bits per heavy atom. The Kier molecular flexibility index (Phi) is 5.53. The number of esters is 1. The molecule has 1 rings (SSSR count). The monoisotopic (exact) mass is 222 g/mol. The topological polar surface area (TPSA) is 64.3 Å². The summed E-state index contributed by atoms with van der Waals surface area (Å²) in [5.74, 6) is -0.252. The molecule has 0 bridgehead atoms. The van der Waals surface area contributed by atoms with Crippen LogP contribution in [-0.2, 0) is 16.0 Å². The van der Waals surface area contributed by atoms with Crippen molar-refractivity contribution in [2.75, 3.05) is 20.2 Å². The van der Waals surface area contributed by atoms with Gasteiger partial charge in [-0.25, -0.2) is 0 Å². The van der Waals surface area contributed by atoms with Crippen molar-refractivity contribution < 1.29 is 9.53 Å². The van der Waals surface area contributed by atoms with E-state index < -0.39 is 0 Å². The van der Waals surface area contributed by atoms with Crippen molar-refractivity contribution in [1.82, 2.24) is 5.32 Å². The van der Waals surface area contributed by atoms with Crippen LogP contribution in [0.25, 0.3) is 0 Å². The lowest BCUT2D eigenvalue weighted by molar-refractivity contribution is -0.143. The number of ether oxygens (including phenoxy) is 1. The molecule has 4 nitrogen and oxygen atoms in total. The van der Waals surface area contributed by atoms with Crippen molar-refractivity contribution in [3.8, 4) is 0 Å². The molecule has 4 heteroatoms. The van der Waals surface area contributed by atoms with Gasteiger partial charge in [0.15, 0.2) is 0 Å². The summed E-state index contributed by atoms with van der Waals surface area (Å²) in [7, 11) is 1.39. The van der Waals surface area contributed by atoms with Gasteiger partial charge >= 0.3 is 5.97 Å². The van der Waals surface area contributed by atoms with E-state index >= 15 is 0 Å². The first kappa shape index (κ1) is 12.7. The Morgan fingerprint density at radius 3 is 2.69 bits per heavy atom. The maximum absolute atomic E-state index is 11.5.